The normalized spacial score (nSPS) is 15.6. The Kier molecular flexibility index (Phi) is 15.2. The number of rotatable bonds is 17. The smallest absolute Gasteiger partial charge is 0.407 e. The van der Waals surface area contributed by atoms with Gasteiger partial charge in [0.15, 0.2) is 0 Å². The first kappa shape index (κ1) is 39.9. The lowest BCUT2D eigenvalue weighted by atomic mass is 9.90. The zero-order valence-electron chi connectivity index (χ0n) is 30.8. The Morgan fingerprint density at radius 3 is 2.25 bits per heavy atom. The van der Waals surface area contributed by atoms with Gasteiger partial charge in [-0.1, -0.05) is 93.8 Å². The second kappa shape index (κ2) is 20.2. The van der Waals surface area contributed by atoms with Crippen LogP contribution in [0.5, 0.6) is 0 Å². The minimum absolute atomic E-state index is 0.0696. The van der Waals surface area contributed by atoms with E-state index in [1.165, 1.54) is 43.4 Å². The number of amides is 4. The Morgan fingerprint density at radius 2 is 1.60 bits per heavy atom. The number of nitrogens with one attached hydrogen (secondary N) is 3. The molecule has 4 aromatic rings. The number of aliphatic hydroxyl groups is 1. The van der Waals surface area contributed by atoms with Gasteiger partial charge in [-0.15, -0.1) is 22.7 Å². The number of benzene rings is 2. The van der Waals surface area contributed by atoms with Crippen molar-refractivity contribution in [2.24, 2.45) is 5.92 Å². The molecule has 13 heteroatoms. The topological polar surface area (TPSA) is 146 Å². The fraction of sp³-hybridized carbons (Fsp3) is 0.475. The van der Waals surface area contributed by atoms with Gasteiger partial charge in [-0.3, -0.25) is 9.78 Å². The SMILES string of the molecule is CC(C)[C@H](NC(=O)N(C)Cc1csc(C2CCCCC2)n1)C(=O)N[C@@H](Cc1ccccc1)C[C@H](O)[C@H](Cc1ccccc1)NC(=O)OCc1cncs1. The summed E-state index contributed by atoms with van der Waals surface area (Å²) in [4.78, 5) is 51.6. The van der Waals surface area contributed by atoms with E-state index in [0.717, 1.165) is 26.7 Å². The van der Waals surface area contributed by atoms with E-state index in [2.05, 4.69) is 20.9 Å². The molecule has 284 valence electrons. The fourth-order valence-electron chi connectivity index (χ4n) is 6.66. The van der Waals surface area contributed by atoms with Crippen molar-refractivity contribution >= 4 is 40.7 Å². The van der Waals surface area contributed by atoms with E-state index < -0.39 is 30.3 Å². The van der Waals surface area contributed by atoms with Crippen LogP contribution in [0.3, 0.4) is 0 Å². The fourth-order valence-corrected chi connectivity index (χ4v) is 8.15. The summed E-state index contributed by atoms with van der Waals surface area (Å²) >= 11 is 3.05. The first-order valence-electron chi connectivity index (χ1n) is 18.5. The predicted octanol–water partition coefficient (Wildman–Crippen LogP) is 6.83. The number of hydrogen-bond donors (Lipinski definition) is 4. The van der Waals surface area contributed by atoms with Crippen LogP contribution in [0.25, 0.3) is 0 Å². The van der Waals surface area contributed by atoms with Crippen molar-refractivity contribution in [3.63, 3.8) is 0 Å². The lowest BCUT2D eigenvalue weighted by Crippen LogP contribution is -2.55. The lowest BCUT2D eigenvalue weighted by molar-refractivity contribution is -0.124. The molecule has 0 aliphatic heterocycles. The van der Waals surface area contributed by atoms with Crippen molar-refractivity contribution in [2.75, 3.05) is 7.05 Å². The van der Waals surface area contributed by atoms with Crippen molar-refractivity contribution < 1.29 is 24.2 Å². The van der Waals surface area contributed by atoms with Gasteiger partial charge in [0.1, 0.15) is 12.6 Å². The minimum Gasteiger partial charge on any atom is -0.444 e. The van der Waals surface area contributed by atoms with Crippen molar-refractivity contribution in [1.29, 1.82) is 0 Å². The summed E-state index contributed by atoms with van der Waals surface area (Å²) in [5.41, 5.74) is 4.42. The highest BCUT2D eigenvalue weighted by Crippen LogP contribution is 2.34. The van der Waals surface area contributed by atoms with Crippen LogP contribution >= 0.6 is 22.7 Å². The van der Waals surface area contributed by atoms with Gasteiger partial charge in [-0.2, -0.15) is 0 Å². The van der Waals surface area contributed by atoms with Gasteiger partial charge < -0.3 is 30.7 Å². The van der Waals surface area contributed by atoms with Crippen LogP contribution in [-0.4, -0.2) is 69.3 Å². The number of carbonyl (C=O) groups excluding carboxylic acids is 3. The highest BCUT2D eigenvalue weighted by molar-refractivity contribution is 7.09. The quantitative estimate of drug-likeness (QED) is 0.0924. The molecule has 4 amide bonds. The van der Waals surface area contributed by atoms with Crippen LogP contribution < -0.4 is 16.0 Å². The van der Waals surface area contributed by atoms with Crippen LogP contribution in [0.1, 0.15) is 85.0 Å². The predicted molar refractivity (Wildman–Crippen MR) is 209 cm³/mol. The zero-order chi connectivity index (χ0) is 37.6. The van der Waals surface area contributed by atoms with Gasteiger partial charge in [-0.05, 0) is 49.1 Å². The number of hydrogen-bond acceptors (Lipinski definition) is 9. The van der Waals surface area contributed by atoms with Crippen molar-refractivity contribution in [1.82, 2.24) is 30.8 Å². The second-order valence-electron chi connectivity index (χ2n) is 14.2. The van der Waals surface area contributed by atoms with Crippen LogP contribution in [0, 0.1) is 5.92 Å². The maximum atomic E-state index is 14.0. The highest BCUT2D eigenvalue weighted by Gasteiger charge is 2.31. The van der Waals surface area contributed by atoms with Gasteiger partial charge in [0.05, 0.1) is 39.8 Å². The molecule has 0 bridgehead atoms. The van der Waals surface area contributed by atoms with E-state index in [-0.39, 0.29) is 30.9 Å². The molecular formula is C40H52N6O5S2. The molecule has 1 aliphatic rings. The van der Waals surface area contributed by atoms with Gasteiger partial charge >= 0.3 is 12.1 Å². The summed E-state index contributed by atoms with van der Waals surface area (Å²) in [5.74, 6) is -0.0577. The molecule has 1 saturated carbocycles. The van der Waals surface area contributed by atoms with Crippen LogP contribution in [0.15, 0.2) is 77.8 Å². The molecule has 0 radical (unpaired) electrons. The number of thiazole rings is 2. The maximum absolute atomic E-state index is 14.0. The molecule has 0 unspecified atom stereocenters. The number of carbonyl (C=O) groups is 3. The Balaban J connectivity index is 1.25. The molecule has 11 nitrogen and oxygen atoms in total. The molecule has 1 aliphatic carbocycles. The Labute approximate surface area is 320 Å². The summed E-state index contributed by atoms with van der Waals surface area (Å²) < 4.78 is 5.44. The molecule has 0 saturated heterocycles. The third kappa shape index (κ3) is 12.6. The first-order valence-corrected chi connectivity index (χ1v) is 20.2. The second-order valence-corrected chi connectivity index (χ2v) is 16.1. The zero-order valence-corrected chi connectivity index (χ0v) is 32.4. The standard InChI is InChI=1S/C40H52N6O5S2/c1-27(2)36(45-39(49)46(3)23-32-25-52-38(43-32)30-17-11-6-12-18-30)37(48)42-31(19-28-13-7-4-8-14-28)21-35(47)34(20-29-15-9-5-10-16-29)44-40(50)51-24-33-22-41-26-53-33/h4-5,7-10,13-16,22,25-27,30-31,34-36,47H,6,11-12,17-21,23-24H2,1-3H3,(H,42,48)(H,44,50)(H,45,49)/t31-,34-,35-,36-/m0/s1. The average molecular weight is 761 g/mol. The van der Waals surface area contributed by atoms with Gasteiger partial charge in [0, 0.05) is 30.6 Å². The molecule has 53 heavy (non-hydrogen) atoms. The summed E-state index contributed by atoms with van der Waals surface area (Å²) in [5, 5.41) is 23.8. The van der Waals surface area contributed by atoms with Crippen molar-refractivity contribution in [3.05, 3.63) is 104 Å². The average Bonchev–Trinajstić information content (AvgIpc) is 3.86. The molecule has 5 rings (SSSR count). The summed E-state index contributed by atoms with van der Waals surface area (Å²) in [6, 6.07) is 16.9. The number of aromatic nitrogens is 2. The number of urea groups is 1. The first-order chi connectivity index (χ1) is 25.6. The van der Waals surface area contributed by atoms with Crippen LogP contribution in [0.2, 0.25) is 0 Å². The molecule has 2 aromatic carbocycles. The molecule has 4 N–H and O–H groups in total. The molecule has 2 heterocycles. The summed E-state index contributed by atoms with van der Waals surface area (Å²) in [7, 11) is 1.71. The van der Waals surface area contributed by atoms with Crippen LogP contribution in [-0.2, 0) is 35.5 Å². The van der Waals surface area contributed by atoms with Crippen LogP contribution in [0.4, 0.5) is 9.59 Å². The van der Waals surface area contributed by atoms with Crippen molar-refractivity contribution in [2.45, 2.75) is 109 Å². The lowest BCUT2D eigenvalue weighted by Gasteiger charge is -2.30. The van der Waals surface area contributed by atoms with E-state index in [1.54, 1.807) is 35.0 Å². The van der Waals surface area contributed by atoms with E-state index >= 15 is 0 Å². The van der Waals surface area contributed by atoms with E-state index in [4.69, 9.17) is 9.72 Å². The number of aliphatic hydroxyl groups excluding tert-OH is 1. The summed E-state index contributed by atoms with van der Waals surface area (Å²) in [6.45, 7) is 4.19. The Hall–Kier alpha value is -4.33. The van der Waals surface area contributed by atoms with Crippen molar-refractivity contribution in [3.8, 4) is 0 Å². The third-order valence-electron chi connectivity index (χ3n) is 9.59. The van der Waals surface area contributed by atoms with E-state index in [9.17, 15) is 19.5 Å². The van der Waals surface area contributed by atoms with E-state index in [0.29, 0.717) is 25.3 Å². The molecule has 0 spiro atoms. The monoisotopic (exact) mass is 760 g/mol. The van der Waals surface area contributed by atoms with Gasteiger partial charge in [0.25, 0.3) is 0 Å². The largest absolute Gasteiger partial charge is 0.444 e. The molecular weight excluding hydrogens is 709 g/mol. The number of nitrogens with zero attached hydrogens (tertiary/aromatic N) is 3. The maximum Gasteiger partial charge on any atom is 0.407 e. The number of alkyl carbamates (subject to hydrolysis) is 1. The highest BCUT2D eigenvalue weighted by atomic mass is 32.1. The number of ether oxygens (including phenoxy) is 1. The molecule has 4 atom stereocenters. The van der Waals surface area contributed by atoms with Gasteiger partial charge in [-0.25, -0.2) is 14.6 Å². The summed E-state index contributed by atoms with van der Waals surface area (Å²) in [6.07, 6.45) is 6.96. The Morgan fingerprint density at radius 1 is 0.925 bits per heavy atom. The van der Waals surface area contributed by atoms with E-state index in [1.807, 2.05) is 79.9 Å². The minimum atomic E-state index is -1.05. The Bertz CT molecular complexity index is 1700. The van der Waals surface area contributed by atoms with Gasteiger partial charge in [0.2, 0.25) is 5.91 Å². The molecule has 1 fully saturated rings. The molecule has 2 aromatic heterocycles. The third-order valence-corrected chi connectivity index (χ3v) is 11.4.